The average molecular weight is 388 g/mol. The first-order valence-electron chi connectivity index (χ1n) is 9.67. The Balaban J connectivity index is 1.44. The Morgan fingerprint density at radius 1 is 1.26 bits per heavy atom. The highest BCUT2D eigenvalue weighted by Crippen LogP contribution is 2.26. The highest BCUT2D eigenvalue weighted by molar-refractivity contribution is 7.15. The van der Waals surface area contributed by atoms with Crippen LogP contribution in [0.3, 0.4) is 0 Å². The van der Waals surface area contributed by atoms with Gasteiger partial charge in [-0.3, -0.25) is 9.69 Å². The Hall–Kier alpha value is -1.92. The zero-order chi connectivity index (χ0) is 19.2. The number of nitrogens with zero attached hydrogens (tertiary/aromatic N) is 2. The van der Waals surface area contributed by atoms with Crippen LogP contribution >= 0.6 is 11.3 Å². The van der Waals surface area contributed by atoms with Crippen LogP contribution in [0.4, 0.5) is 5.13 Å². The van der Waals surface area contributed by atoms with E-state index in [2.05, 4.69) is 22.1 Å². The van der Waals surface area contributed by atoms with Crippen molar-refractivity contribution in [1.29, 1.82) is 0 Å². The Kier molecular flexibility index (Phi) is 6.85. The minimum Gasteiger partial charge on any atom is -0.493 e. The summed E-state index contributed by atoms with van der Waals surface area (Å²) in [6, 6.07) is 7.84. The third-order valence-electron chi connectivity index (χ3n) is 5.00. The minimum atomic E-state index is -0.0609. The molecule has 1 fully saturated rings. The lowest BCUT2D eigenvalue weighted by molar-refractivity contribution is -0.116. The number of thiazole rings is 1. The standard InChI is InChI=1S/C21H29N3O2S/c1-15-4-6-18(7-5-15)26-13-10-20(25)23-21-22-17(3)19(27-21)14-24-11-8-16(2)9-12-24/h4-7,16H,8-14H2,1-3H3,(H,22,23,25). The second-order valence-corrected chi connectivity index (χ2v) is 8.53. The number of nitrogens with one attached hydrogen (secondary N) is 1. The van der Waals surface area contributed by atoms with E-state index >= 15 is 0 Å². The number of aromatic nitrogens is 1. The van der Waals surface area contributed by atoms with Gasteiger partial charge in [-0.25, -0.2) is 4.98 Å². The molecule has 27 heavy (non-hydrogen) atoms. The predicted octanol–water partition coefficient (Wildman–Crippen LogP) is 4.40. The van der Waals surface area contributed by atoms with Crippen molar-refractivity contribution in [3.8, 4) is 5.75 Å². The van der Waals surface area contributed by atoms with Crippen LogP contribution in [0, 0.1) is 19.8 Å². The predicted molar refractivity (Wildman–Crippen MR) is 110 cm³/mol. The number of rotatable bonds is 7. The highest BCUT2D eigenvalue weighted by Gasteiger charge is 2.18. The summed E-state index contributed by atoms with van der Waals surface area (Å²) in [4.78, 5) is 20.4. The number of benzene rings is 1. The Morgan fingerprint density at radius 2 is 1.96 bits per heavy atom. The quantitative estimate of drug-likeness (QED) is 0.765. The Bertz CT molecular complexity index is 749. The number of ether oxygens (including phenoxy) is 1. The molecule has 0 unspecified atom stereocenters. The van der Waals surface area contributed by atoms with Crippen molar-refractivity contribution in [2.45, 2.75) is 46.6 Å². The lowest BCUT2D eigenvalue weighted by atomic mass is 9.99. The van der Waals surface area contributed by atoms with E-state index in [0.29, 0.717) is 18.2 Å². The number of hydrogen-bond donors (Lipinski definition) is 1. The molecule has 5 nitrogen and oxygen atoms in total. The van der Waals surface area contributed by atoms with Gasteiger partial charge in [-0.1, -0.05) is 24.6 Å². The smallest absolute Gasteiger partial charge is 0.229 e. The molecule has 0 bridgehead atoms. The third-order valence-corrected chi connectivity index (χ3v) is 6.06. The van der Waals surface area contributed by atoms with Crippen molar-refractivity contribution in [2.24, 2.45) is 5.92 Å². The van der Waals surface area contributed by atoms with Gasteiger partial charge in [0.05, 0.1) is 18.7 Å². The van der Waals surface area contributed by atoms with E-state index in [1.165, 1.54) is 23.3 Å². The van der Waals surface area contributed by atoms with Gasteiger partial charge in [-0.05, 0) is 57.8 Å². The molecule has 0 saturated carbocycles. The molecule has 1 N–H and O–H groups in total. The molecule has 2 heterocycles. The van der Waals surface area contributed by atoms with E-state index in [9.17, 15) is 4.79 Å². The molecule has 1 saturated heterocycles. The first kappa shape index (κ1) is 19.8. The number of anilines is 1. The second kappa shape index (κ2) is 9.33. The molecule has 1 aromatic heterocycles. The molecule has 3 rings (SSSR count). The molecular formula is C21H29N3O2S. The number of hydrogen-bond acceptors (Lipinski definition) is 5. The highest BCUT2D eigenvalue weighted by atomic mass is 32.1. The van der Waals surface area contributed by atoms with Crippen molar-refractivity contribution in [3.63, 3.8) is 0 Å². The summed E-state index contributed by atoms with van der Waals surface area (Å²) in [5.74, 6) is 1.56. The Labute approximate surface area is 165 Å². The van der Waals surface area contributed by atoms with Gasteiger partial charge in [0.25, 0.3) is 0 Å². The molecule has 0 spiro atoms. The summed E-state index contributed by atoms with van der Waals surface area (Å²) in [6.07, 6.45) is 2.84. The molecule has 0 radical (unpaired) electrons. The number of likely N-dealkylation sites (tertiary alicyclic amines) is 1. The maximum absolute atomic E-state index is 12.2. The van der Waals surface area contributed by atoms with Gasteiger partial charge in [0.1, 0.15) is 5.75 Å². The van der Waals surface area contributed by atoms with Crippen LogP contribution in [0.1, 0.15) is 42.3 Å². The molecule has 1 aromatic carbocycles. The molecule has 1 amide bonds. The van der Waals surface area contributed by atoms with E-state index in [1.807, 2.05) is 38.1 Å². The summed E-state index contributed by atoms with van der Waals surface area (Å²) in [6.45, 7) is 9.97. The summed E-state index contributed by atoms with van der Waals surface area (Å²) in [5, 5.41) is 3.60. The van der Waals surface area contributed by atoms with Gasteiger partial charge in [0.2, 0.25) is 5.91 Å². The van der Waals surface area contributed by atoms with Crippen molar-refractivity contribution in [3.05, 3.63) is 40.4 Å². The van der Waals surface area contributed by atoms with Crippen LogP contribution in [0.15, 0.2) is 24.3 Å². The number of carbonyl (C=O) groups excluding carboxylic acids is 1. The topological polar surface area (TPSA) is 54.5 Å². The third kappa shape index (κ3) is 6.04. The zero-order valence-corrected chi connectivity index (χ0v) is 17.3. The lowest BCUT2D eigenvalue weighted by Gasteiger charge is -2.29. The van der Waals surface area contributed by atoms with Gasteiger partial charge < -0.3 is 10.1 Å². The van der Waals surface area contributed by atoms with Crippen molar-refractivity contribution in [1.82, 2.24) is 9.88 Å². The van der Waals surface area contributed by atoms with Gasteiger partial charge in [0.15, 0.2) is 5.13 Å². The summed E-state index contributed by atoms with van der Waals surface area (Å²) < 4.78 is 5.62. The molecule has 1 aliphatic heterocycles. The monoisotopic (exact) mass is 387 g/mol. The fourth-order valence-corrected chi connectivity index (χ4v) is 4.15. The van der Waals surface area contributed by atoms with Gasteiger partial charge in [0, 0.05) is 11.4 Å². The maximum atomic E-state index is 12.2. The van der Waals surface area contributed by atoms with Gasteiger partial charge >= 0.3 is 0 Å². The number of amides is 1. The fourth-order valence-electron chi connectivity index (χ4n) is 3.13. The van der Waals surface area contributed by atoms with Crippen molar-refractivity contribution < 1.29 is 9.53 Å². The molecule has 6 heteroatoms. The molecule has 0 aliphatic carbocycles. The van der Waals surface area contributed by atoms with E-state index in [-0.39, 0.29) is 5.91 Å². The molecule has 1 aliphatic rings. The number of piperidine rings is 1. The van der Waals surface area contributed by atoms with Crippen LogP contribution in [-0.4, -0.2) is 35.5 Å². The first-order valence-corrected chi connectivity index (χ1v) is 10.5. The maximum Gasteiger partial charge on any atom is 0.229 e. The van der Waals surface area contributed by atoms with E-state index in [0.717, 1.165) is 37.0 Å². The minimum absolute atomic E-state index is 0.0609. The number of carbonyl (C=O) groups is 1. The summed E-state index contributed by atoms with van der Waals surface area (Å²) in [7, 11) is 0. The van der Waals surface area contributed by atoms with Crippen LogP contribution < -0.4 is 10.1 Å². The fraction of sp³-hybridized carbons (Fsp3) is 0.524. The Morgan fingerprint density at radius 3 is 2.67 bits per heavy atom. The van der Waals surface area contributed by atoms with E-state index in [4.69, 9.17) is 4.74 Å². The lowest BCUT2D eigenvalue weighted by Crippen LogP contribution is -2.32. The first-order chi connectivity index (χ1) is 13.0. The van der Waals surface area contributed by atoms with Crippen LogP contribution in [0.25, 0.3) is 0 Å². The molecule has 2 aromatic rings. The van der Waals surface area contributed by atoms with Crippen LogP contribution in [-0.2, 0) is 11.3 Å². The summed E-state index contributed by atoms with van der Waals surface area (Å²) in [5.41, 5.74) is 2.21. The van der Waals surface area contributed by atoms with Crippen molar-refractivity contribution in [2.75, 3.05) is 25.0 Å². The second-order valence-electron chi connectivity index (χ2n) is 7.45. The van der Waals surface area contributed by atoms with E-state index < -0.39 is 0 Å². The molecule has 0 atom stereocenters. The largest absolute Gasteiger partial charge is 0.493 e. The van der Waals surface area contributed by atoms with Crippen molar-refractivity contribution >= 4 is 22.4 Å². The average Bonchev–Trinajstić information content (AvgIpc) is 2.97. The zero-order valence-electron chi connectivity index (χ0n) is 16.5. The van der Waals surface area contributed by atoms with Crippen LogP contribution in [0.2, 0.25) is 0 Å². The number of aryl methyl sites for hydroxylation is 2. The summed E-state index contributed by atoms with van der Waals surface area (Å²) >= 11 is 1.59. The molecular weight excluding hydrogens is 358 g/mol. The van der Waals surface area contributed by atoms with Crippen LogP contribution in [0.5, 0.6) is 5.75 Å². The van der Waals surface area contributed by atoms with Gasteiger partial charge in [-0.15, -0.1) is 11.3 Å². The SMILES string of the molecule is Cc1ccc(OCCC(=O)Nc2nc(C)c(CN3CCC(C)CC3)s2)cc1. The van der Waals surface area contributed by atoms with E-state index in [1.54, 1.807) is 11.3 Å². The molecule has 146 valence electrons. The van der Waals surface area contributed by atoms with Gasteiger partial charge in [-0.2, -0.15) is 0 Å². The normalized spacial score (nSPS) is 15.7.